The van der Waals surface area contributed by atoms with Crippen molar-refractivity contribution in [3.63, 3.8) is 0 Å². The Bertz CT molecular complexity index is 299. The first kappa shape index (κ1) is 13.5. The van der Waals surface area contributed by atoms with E-state index in [2.05, 4.69) is 30.3 Å². The van der Waals surface area contributed by atoms with E-state index in [-0.39, 0.29) is 0 Å². The van der Waals surface area contributed by atoms with Gasteiger partial charge in [-0.05, 0) is 6.92 Å². The average molecular weight is 240 g/mol. The Morgan fingerprint density at radius 3 is 2.31 bits per heavy atom. The van der Waals surface area contributed by atoms with Crippen LogP contribution >= 0.6 is 0 Å². The highest BCUT2D eigenvalue weighted by Crippen LogP contribution is 2.19. The molecule has 0 saturated carbocycles. The molecule has 3 nitrogen and oxygen atoms in total. The minimum Gasteiger partial charge on any atom is -0.361 e. The molecule has 0 aromatic carbocycles. The number of hydrogen-bond acceptors (Lipinski definition) is 2. The van der Waals surface area contributed by atoms with Crippen LogP contribution in [0.3, 0.4) is 0 Å². The lowest BCUT2D eigenvalue weighted by molar-refractivity contribution is 0.0896. The fraction of sp³-hybridized carbons (Fsp3) is 0.750. The molecular weight excluding hydrogens is 216 g/mol. The van der Waals surface area contributed by atoms with E-state index in [0.29, 0.717) is 6.73 Å². The van der Waals surface area contributed by atoms with E-state index in [1.54, 1.807) is 0 Å². The molecule has 0 bridgehead atoms. The van der Waals surface area contributed by atoms with Crippen LogP contribution in [-0.4, -0.2) is 24.2 Å². The van der Waals surface area contributed by atoms with E-state index in [9.17, 15) is 0 Å². The Labute approximate surface area is 99.8 Å². The van der Waals surface area contributed by atoms with Gasteiger partial charge in [-0.2, -0.15) is 0 Å². The number of hydrogen-bond donors (Lipinski definition) is 0. The van der Waals surface area contributed by atoms with Gasteiger partial charge in [0.1, 0.15) is 14.8 Å². The van der Waals surface area contributed by atoms with Crippen LogP contribution in [-0.2, 0) is 11.5 Å². The van der Waals surface area contributed by atoms with Crippen LogP contribution in [0.25, 0.3) is 0 Å². The van der Waals surface area contributed by atoms with Crippen LogP contribution in [0.4, 0.5) is 0 Å². The van der Waals surface area contributed by atoms with Crippen LogP contribution in [0, 0.1) is 0 Å². The van der Waals surface area contributed by atoms with Crippen LogP contribution in [0.15, 0.2) is 12.4 Å². The van der Waals surface area contributed by atoms with Gasteiger partial charge >= 0.3 is 0 Å². The van der Waals surface area contributed by atoms with Gasteiger partial charge in [0.15, 0.2) is 0 Å². The first-order valence-electron chi connectivity index (χ1n) is 6.33. The second kappa shape index (κ2) is 6.20. The summed E-state index contributed by atoms with van der Waals surface area (Å²) in [5, 5.41) is 0. The van der Waals surface area contributed by atoms with Crippen LogP contribution in [0.2, 0.25) is 18.1 Å². The standard InChI is InChI=1S/C12H24N2OSi/c1-5-15-11-14-10-9-13-12(14)16(6-2,7-3)8-4/h9-10H,5-8,11H2,1-4H3. The normalized spacial score (nSPS) is 12.0. The maximum atomic E-state index is 5.49. The summed E-state index contributed by atoms with van der Waals surface area (Å²) >= 11 is 0. The Morgan fingerprint density at radius 1 is 1.19 bits per heavy atom. The van der Waals surface area contributed by atoms with E-state index in [0.717, 1.165) is 6.61 Å². The monoisotopic (exact) mass is 240 g/mol. The average Bonchev–Trinajstić information content (AvgIpc) is 2.79. The first-order chi connectivity index (χ1) is 7.74. The fourth-order valence-corrected chi connectivity index (χ4v) is 5.83. The summed E-state index contributed by atoms with van der Waals surface area (Å²) in [7, 11) is -1.36. The lowest BCUT2D eigenvalue weighted by Gasteiger charge is -2.27. The highest BCUT2D eigenvalue weighted by Gasteiger charge is 2.33. The smallest absolute Gasteiger partial charge is 0.131 e. The van der Waals surface area contributed by atoms with Gasteiger partial charge in [-0.3, -0.25) is 0 Å². The van der Waals surface area contributed by atoms with Crippen molar-refractivity contribution in [3.05, 3.63) is 12.4 Å². The van der Waals surface area contributed by atoms with Gasteiger partial charge in [0.05, 0.1) is 5.45 Å². The third-order valence-corrected chi connectivity index (χ3v) is 9.08. The molecule has 4 heteroatoms. The van der Waals surface area contributed by atoms with Gasteiger partial charge in [-0.15, -0.1) is 0 Å². The summed E-state index contributed by atoms with van der Waals surface area (Å²) < 4.78 is 7.69. The Balaban J connectivity index is 2.95. The van der Waals surface area contributed by atoms with Gasteiger partial charge < -0.3 is 9.30 Å². The molecule has 0 amide bonds. The molecule has 0 spiro atoms. The number of imidazole rings is 1. The predicted octanol–water partition coefficient (Wildman–Crippen LogP) is 2.59. The van der Waals surface area contributed by atoms with Crippen molar-refractivity contribution in [2.24, 2.45) is 0 Å². The zero-order valence-electron chi connectivity index (χ0n) is 11.0. The number of ether oxygens (including phenoxy) is 1. The maximum Gasteiger partial charge on any atom is 0.131 e. The molecule has 0 N–H and O–H groups in total. The van der Waals surface area contributed by atoms with Crippen LogP contribution < -0.4 is 5.45 Å². The second-order valence-corrected chi connectivity index (χ2v) is 9.31. The lowest BCUT2D eigenvalue weighted by atomic mass is 10.8. The highest BCUT2D eigenvalue weighted by atomic mass is 28.3. The number of aromatic nitrogens is 2. The zero-order valence-corrected chi connectivity index (χ0v) is 12.0. The Kier molecular flexibility index (Phi) is 5.22. The molecule has 1 aromatic heterocycles. The van der Waals surface area contributed by atoms with Gasteiger partial charge in [-0.25, -0.2) is 4.98 Å². The molecule has 0 saturated heterocycles. The largest absolute Gasteiger partial charge is 0.361 e. The molecule has 16 heavy (non-hydrogen) atoms. The SMILES string of the molecule is CCOCn1ccnc1[Si](CC)(CC)CC. The van der Waals surface area contributed by atoms with E-state index in [4.69, 9.17) is 4.74 Å². The van der Waals surface area contributed by atoms with Gasteiger partial charge in [-0.1, -0.05) is 38.9 Å². The van der Waals surface area contributed by atoms with Crippen molar-refractivity contribution in [1.82, 2.24) is 9.55 Å². The third kappa shape index (κ3) is 2.55. The molecule has 0 aliphatic heterocycles. The molecule has 0 unspecified atom stereocenters. The highest BCUT2D eigenvalue weighted by molar-refractivity contribution is 6.90. The molecule has 1 rings (SSSR count). The van der Waals surface area contributed by atoms with Crippen molar-refractivity contribution in [2.75, 3.05) is 6.61 Å². The lowest BCUT2D eigenvalue weighted by Crippen LogP contribution is -2.51. The van der Waals surface area contributed by atoms with E-state index < -0.39 is 8.07 Å². The molecule has 0 aliphatic carbocycles. The number of rotatable bonds is 7. The summed E-state index contributed by atoms with van der Waals surface area (Å²) in [6.45, 7) is 10.4. The molecular formula is C12H24N2OSi. The third-order valence-electron chi connectivity index (χ3n) is 3.65. The molecule has 0 aliphatic rings. The first-order valence-corrected chi connectivity index (χ1v) is 8.95. The van der Waals surface area contributed by atoms with E-state index in [1.165, 1.54) is 23.6 Å². The minimum absolute atomic E-state index is 0.653. The quantitative estimate of drug-likeness (QED) is 0.685. The molecule has 92 valence electrons. The van der Waals surface area contributed by atoms with Gasteiger partial charge in [0.25, 0.3) is 0 Å². The molecule has 0 radical (unpaired) electrons. The molecule has 0 fully saturated rings. The van der Waals surface area contributed by atoms with E-state index >= 15 is 0 Å². The van der Waals surface area contributed by atoms with Gasteiger partial charge in [0.2, 0.25) is 0 Å². The summed E-state index contributed by atoms with van der Waals surface area (Å²) in [5.74, 6) is 0. The summed E-state index contributed by atoms with van der Waals surface area (Å²) in [4.78, 5) is 4.60. The topological polar surface area (TPSA) is 27.1 Å². The second-order valence-electron chi connectivity index (χ2n) is 4.18. The zero-order chi connectivity index (χ0) is 12.0. The van der Waals surface area contributed by atoms with Crippen LogP contribution in [0.5, 0.6) is 0 Å². The van der Waals surface area contributed by atoms with E-state index in [1.807, 2.05) is 19.3 Å². The Hall–Kier alpha value is -0.613. The number of nitrogens with zero attached hydrogens (tertiary/aromatic N) is 2. The maximum absolute atomic E-state index is 5.49. The van der Waals surface area contributed by atoms with Crippen LogP contribution in [0.1, 0.15) is 27.7 Å². The molecule has 1 heterocycles. The van der Waals surface area contributed by atoms with Gasteiger partial charge in [0, 0.05) is 19.0 Å². The van der Waals surface area contributed by atoms with Crippen molar-refractivity contribution >= 4 is 13.5 Å². The predicted molar refractivity (Wildman–Crippen MR) is 70.7 cm³/mol. The summed E-state index contributed by atoms with van der Waals surface area (Å²) in [5.41, 5.74) is 1.31. The van der Waals surface area contributed by atoms with Crippen molar-refractivity contribution < 1.29 is 4.74 Å². The summed E-state index contributed by atoms with van der Waals surface area (Å²) in [6.07, 6.45) is 3.96. The minimum atomic E-state index is -1.36. The summed E-state index contributed by atoms with van der Waals surface area (Å²) in [6, 6.07) is 3.80. The molecule has 0 atom stereocenters. The van der Waals surface area contributed by atoms with Crippen molar-refractivity contribution in [3.8, 4) is 0 Å². The molecule has 1 aromatic rings. The van der Waals surface area contributed by atoms with Crippen molar-refractivity contribution in [2.45, 2.75) is 52.6 Å². The van der Waals surface area contributed by atoms with Crippen molar-refractivity contribution in [1.29, 1.82) is 0 Å². The Morgan fingerprint density at radius 2 is 1.81 bits per heavy atom. The fourth-order valence-electron chi connectivity index (χ4n) is 2.29.